The first-order valence-corrected chi connectivity index (χ1v) is 11.0. The molecular formula is C15H25IO3S. The second kappa shape index (κ2) is 7.79. The van der Waals surface area contributed by atoms with Gasteiger partial charge >= 0.3 is 0 Å². The predicted molar refractivity (Wildman–Crippen MR) is 91.1 cm³/mol. The molecule has 3 unspecified atom stereocenters. The Hall–Kier alpha value is 0.670. The molecule has 0 aromatic heterocycles. The molecule has 0 N–H and O–H groups in total. The van der Waals surface area contributed by atoms with E-state index in [0.29, 0.717) is 17.6 Å². The minimum absolute atomic E-state index is 0.277. The Bertz CT molecular complexity index is 331. The summed E-state index contributed by atoms with van der Waals surface area (Å²) in [5, 5.41) is 0. The van der Waals surface area contributed by atoms with Gasteiger partial charge in [-0.3, -0.25) is 4.79 Å². The number of fused-ring (bicyclic) bond motifs is 2. The molecule has 0 aromatic rings. The smallest absolute Gasteiger partial charge is 0.171 e. The molecule has 3 fully saturated rings. The van der Waals surface area contributed by atoms with Gasteiger partial charge in [-0.15, -0.1) is 9.80 Å². The molecule has 3 rings (SSSR count). The standard InChI is InChI=1S/C15H24O3.HIS/c1-2-4-12-11-5-3-8-15(17-9-10-18-15)13(11)6-7-14(12)16;1-2/h11-13H,2-10H2,1H3;2H. The van der Waals surface area contributed by atoms with E-state index in [0.717, 1.165) is 51.7 Å². The van der Waals surface area contributed by atoms with Crippen molar-refractivity contribution in [2.24, 2.45) is 17.8 Å². The van der Waals surface area contributed by atoms with Gasteiger partial charge in [-0.1, -0.05) is 13.3 Å². The van der Waals surface area contributed by atoms with Gasteiger partial charge in [0.05, 0.1) is 13.2 Å². The Labute approximate surface area is 139 Å². The van der Waals surface area contributed by atoms with E-state index < -0.39 is 0 Å². The van der Waals surface area contributed by atoms with Crippen LogP contribution in [0, 0.1) is 17.8 Å². The fourth-order valence-corrected chi connectivity index (χ4v) is 4.45. The molecule has 3 nitrogen and oxygen atoms in total. The molecule has 3 atom stereocenters. The number of hydrogen-bond acceptors (Lipinski definition) is 4. The summed E-state index contributed by atoms with van der Waals surface area (Å²) in [5.41, 5.74) is 0. The van der Waals surface area contributed by atoms with Gasteiger partial charge in [0.2, 0.25) is 0 Å². The summed E-state index contributed by atoms with van der Waals surface area (Å²) in [6, 6.07) is 0. The van der Waals surface area contributed by atoms with Crippen LogP contribution in [0.3, 0.4) is 0 Å². The summed E-state index contributed by atoms with van der Waals surface area (Å²) in [6.07, 6.45) is 7.24. The van der Waals surface area contributed by atoms with Gasteiger partial charge in [-0.25, -0.2) is 0 Å². The minimum atomic E-state index is -0.324. The Balaban J connectivity index is 0.000000704. The largest absolute Gasteiger partial charge is 0.347 e. The summed E-state index contributed by atoms with van der Waals surface area (Å²) in [7, 11) is 3.50. The van der Waals surface area contributed by atoms with Crippen molar-refractivity contribution in [3.8, 4) is 0 Å². The van der Waals surface area contributed by atoms with E-state index in [9.17, 15) is 4.79 Å². The van der Waals surface area contributed by atoms with Crippen molar-refractivity contribution in [1.82, 2.24) is 0 Å². The lowest BCUT2D eigenvalue weighted by Crippen LogP contribution is -2.51. The van der Waals surface area contributed by atoms with Crippen LogP contribution in [0.1, 0.15) is 51.9 Å². The molecule has 1 spiro atoms. The topological polar surface area (TPSA) is 35.5 Å². The van der Waals surface area contributed by atoms with Gasteiger partial charge in [0.1, 0.15) is 5.78 Å². The van der Waals surface area contributed by atoms with E-state index in [-0.39, 0.29) is 11.7 Å². The molecule has 5 heteroatoms. The molecule has 20 heavy (non-hydrogen) atoms. The second-order valence-corrected chi connectivity index (χ2v) is 6.07. The molecule has 1 aliphatic heterocycles. The van der Waals surface area contributed by atoms with Gasteiger partial charge in [0, 0.05) is 24.7 Å². The number of halogens is 1. The summed E-state index contributed by atoms with van der Waals surface area (Å²) in [5.74, 6) is 1.42. The molecule has 3 aliphatic rings. The maximum Gasteiger partial charge on any atom is 0.171 e. The molecule has 2 aliphatic carbocycles. The fraction of sp³-hybridized carbons (Fsp3) is 0.933. The third-order valence-corrected chi connectivity index (χ3v) is 5.15. The third-order valence-electron chi connectivity index (χ3n) is 5.15. The lowest BCUT2D eigenvalue weighted by Gasteiger charge is -2.49. The van der Waals surface area contributed by atoms with Crippen LogP contribution in [0.25, 0.3) is 0 Å². The van der Waals surface area contributed by atoms with Crippen molar-refractivity contribution < 1.29 is 14.3 Å². The zero-order valence-corrected chi connectivity index (χ0v) is 15.2. The maximum absolute atomic E-state index is 12.2. The maximum atomic E-state index is 12.2. The fourth-order valence-electron chi connectivity index (χ4n) is 4.45. The molecule has 1 saturated heterocycles. The molecule has 0 bridgehead atoms. The van der Waals surface area contributed by atoms with E-state index in [2.05, 4.69) is 16.7 Å². The van der Waals surface area contributed by atoms with Gasteiger partial charge in [-0.2, -0.15) is 0 Å². The second-order valence-electron chi connectivity index (χ2n) is 6.07. The lowest BCUT2D eigenvalue weighted by molar-refractivity contribution is -0.236. The van der Waals surface area contributed by atoms with Crippen molar-refractivity contribution >= 4 is 36.8 Å². The number of carbonyl (C=O) groups excluding carboxylic acids is 1. The van der Waals surface area contributed by atoms with Gasteiger partial charge in [0.15, 0.2) is 5.79 Å². The number of ether oxygens (including phenoxy) is 2. The number of carbonyl (C=O) groups is 1. The highest BCUT2D eigenvalue weighted by molar-refractivity contribution is 14.2. The Morgan fingerprint density at radius 1 is 1.30 bits per heavy atom. The quantitative estimate of drug-likeness (QED) is 0.546. The van der Waals surface area contributed by atoms with E-state index >= 15 is 0 Å². The Kier molecular flexibility index (Phi) is 6.63. The monoisotopic (exact) mass is 412 g/mol. The van der Waals surface area contributed by atoms with Gasteiger partial charge in [-0.05, 0) is 52.8 Å². The summed E-state index contributed by atoms with van der Waals surface area (Å²) >= 11 is 1.84. The number of rotatable bonds is 2. The number of hydrogen-bond donors (Lipinski definition) is 1. The van der Waals surface area contributed by atoms with Crippen LogP contribution in [-0.2, 0) is 14.3 Å². The van der Waals surface area contributed by atoms with Crippen LogP contribution in [0.2, 0.25) is 0 Å². The molecule has 0 radical (unpaired) electrons. The average Bonchev–Trinajstić information content (AvgIpc) is 2.94. The van der Waals surface area contributed by atoms with Crippen molar-refractivity contribution in [3.63, 3.8) is 0 Å². The first-order valence-electron chi connectivity index (χ1n) is 7.74. The van der Waals surface area contributed by atoms with Crippen LogP contribution >= 0.6 is 31.0 Å². The Morgan fingerprint density at radius 2 is 2.00 bits per heavy atom. The van der Waals surface area contributed by atoms with E-state index in [1.165, 1.54) is 6.42 Å². The molecular weight excluding hydrogens is 387 g/mol. The minimum Gasteiger partial charge on any atom is -0.347 e. The van der Waals surface area contributed by atoms with Crippen molar-refractivity contribution in [2.75, 3.05) is 13.2 Å². The first kappa shape index (κ1) is 17.0. The molecule has 2 saturated carbocycles. The number of ketones is 1. The van der Waals surface area contributed by atoms with E-state index in [1.54, 1.807) is 0 Å². The number of thiol groups is 1. The summed E-state index contributed by atoms with van der Waals surface area (Å²) in [6.45, 7) is 3.64. The Morgan fingerprint density at radius 3 is 2.65 bits per heavy atom. The zero-order valence-electron chi connectivity index (χ0n) is 12.1. The van der Waals surface area contributed by atoms with Gasteiger partial charge < -0.3 is 9.47 Å². The number of Topliss-reactive ketones (excluding diaryl/α,β-unsaturated/α-hetero) is 1. The van der Waals surface area contributed by atoms with Crippen molar-refractivity contribution in [1.29, 1.82) is 0 Å². The lowest BCUT2D eigenvalue weighted by atomic mass is 9.61. The van der Waals surface area contributed by atoms with Crippen LogP contribution < -0.4 is 0 Å². The molecule has 116 valence electrons. The molecule has 1 heterocycles. The van der Waals surface area contributed by atoms with Crippen LogP contribution in [0.5, 0.6) is 0 Å². The van der Waals surface area contributed by atoms with Crippen LogP contribution in [-0.4, -0.2) is 24.8 Å². The molecule has 0 amide bonds. The SMILES string of the molecule is CCCC1C(=O)CCC2C1CCCC21OCCO1.SI. The summed E-state index contributed by atoms with van der Waals surface area (Å²) in [4.78, 5) is 12.2. The van der Waals surface area contributed by atoms with Crippen LogP contribution in [0.15, 0.2) is 0 Å². The average molecular weight is 412 g/mol. The van der Waals surface area contributed by atoms with E-state index in [1.807, 2.05) is 21.2 Å². The highest BCUT2D eigenvalue weighted by Gasteiger charge is 2.54. The molecule has 0 aromatic carbocycles. The van der Waals surface area contributed by atoms with Crippen molar-refractivity contribution in [2.45, 2.75) is 57.7 Å². The zero-order chi connectivity index (χ0) is 14.6. The highest BCUT2D eigenvalue weighted by Crippen LogP contribution is 2.51. The third kappa shape index (κ3) is 3.20. The normalized spacial score (nSPS) is 35.4. The van der Waals surface area contributed by atoms with Crippen LogP contribution in [0.4, 0.5) is 0 Å². The highest BCUT2D eigenvalue weighted by atomic mass is 127. The van der Waals surface area contributed by atoms with Crippen molar-refractivity contribution in [3.05, 3.63) is 0 Å². The summed E-state index contributed by atoms with van der Waals surface area (Å²) < 4.78 is 12.0. The van der Waals surface area contributed by atoms with E-state index in [4.69, 9.17) is 9.47 Å². The van der Waals surface area contributed by atoms with Gasteiger partial charge in [0.25, 0.3) is 0 Å². The predicted octanol–water partition coefficient (Wildman–Crippen LogP) is 4.19. The first-order chi connectivity index (χ1) is 9.77.